The number of furan rings is 1. The number of rotatable bonds is 3. The van der Waals surface area contributed by atoms with Gasteiger partial charge in [0.25, 0.3) is 0 Å². The Morgan fingerprint density at radius 1 is 1.32 bits per heavy atom. The number of carboxylic acid groups (broad SMARTS) is 1. The molecule has 1 heterocycles. The van der Waals surface area contributed by atoms with E-state index in [1.807, 2.05) is 0 Å². The molecule has 0 saturated carbocycles. The van der Waals surface area contributed by atoms with Gasteiger partial charge in [-0.15, -0.1) is 0 Å². The zero-order valence-corrected chi connectivity index (χ0v) is 12.0. The van der Waals surface area contributed by atoms with Gasteiger partial charge >= 0.3 is 5.97 Å². The van der Waals surface area contributed by atoms with E-state index < -0.39 is 5.97 Å². The first-order valence-electron chi connectivity index (χ1n) is 7.00. The molecule has 0 spiro atoms. The lowest BCUT2D eigenvalue weighted by Gasteiger charge is -2.13. The zero-order chi connectivity index (χ0) is 15.7. The van der Waals surface area contributed by atoms with E-state index in [1.54, 1.807) is 19.1 Å². The maximum absolute atomic E-state index is 12.9. The van der Waals surface area contributed by atoms with Crippen molar-refractivity contribution >= 4 is 17.4 Å². The van der Waals surface area contributed by atoms with Crippen LogP contribution in [0.5, 0.6) is 0 Å². The van der Waals surface area contributed by atoms with Crippen LogP contribution in [0, 0.1) is 12.7 Å². The van der Waals surface area contributed by atoms with Gasteiger partial charge in [-0.2, -0.15) is 5.10 Å². The number of aryl methyl sites for hydroxylation is 1. The van der Waals surface area contributed by atoms with Gasteiger partial charge < -0.3 is 9.52 Å². The van der Waals surface area contributed by atoms with Gasteiger partial charge in [-0.25, -0.2) is 9.18 Å². The van der Waals surface area contributed by atoms with Crippen molar-refractivity contribution in [3.63, 3.8) is 0 Å². The van der Waals surface area contributed by atoms with Gasteiger partial charge in [0.05, 0.1) is 11.4 Å². The molecular formula is C16H15FN2O3. The number of hydrogen-bond acceptors (Lipinski definition) is 4. The first kappa shape index (κ1) is 14.3. The van der Waals surface area contributed by atoms with Crippen molar-refractivity contribution in [1.29, 1.82) is 0 Å². The van der Waals surface area contributed by atoms with E-state index in [2.05, 4.69) is 10.5 Å². The van der Waals surface area contributed by atoms with Crippen LogP contribution in [-0.4, -0.2) is 16.8 Å². The minimum Gasteiger partial charge on any atom is -0.475 e. The summed E-state index contributed by atoms with van der Waals surface area (Å²) < 4.78 is 18.3. The third-order valence-corrected chi connectivity index (χ3v) is 3.68. The number of hydrogen-bond donors (Lipinski definition) is 2. The number of carboxylic acids is 1. The number of aromatic carboxylic acids is 1. The average Bonchev–Trinajstić information content (AvgIpc) is 2.85. The maximum atomic E-state index is 12.9. The number of nitrogens with one attached hydrogen (secondary N) is 1. The van der Waals surface area contributed by atoms with Gasteiger partial charge in [0.2, 0.25) is 5.76 Å². The van der Waals surface area contributed by atoms with E-state index in [1.165, 1.54) is 12.1 Å². The van der Waals surface area contributed by atoms with Crippen LogP contribution in [-0.2, 0) is 6.42 Å². The fraction of sp³-hybridized carbons (Fsp3) is 0.250. The van der Waals surface area contributed by atoms with Crippen molar-refractivity contribution in [2.45, 2.75) is 26.2 Å². The predicted molar refractivity (Wildman–Crippen MR) is 79.9 cm³/mol. The number of hydrazone groups is 1. The molecular weight excluding hydrogens is 287 g/mol. The molecule has 0 amide bonds. The molecule has 22 heavy (non-hydrogen) atoms. The minimum atomic E-state index is -1.07. The van der Waals surface area contributed by atoms with Gasteiger partial charge in [0, 0.05) is 17.5 Å². The van der Waals surface area contributed by atoms with Crippen LogP contribution in [0.2, 0.25) is 0 Å². The summed E-state index contributed by atoms with van der Waals surface area (Å²) in [6.07, 6.45) is 2.29. The van der Waals surface area contributed by atoms with Crippen LogP contribution in [0.3, 0.4) is 0 Å². The fourth-order valence-electron chi connectivity index (χ4n) is 2.64. The number of halogens is 1. The normalized spacial score (nSPS) is 15.6. The minimum absolute atomic E-state index is 0.0265. The molecule has 1 aliphatic carbocycles. The summed E-state index contributed by atoms with van der Waals surface area (Å²) in [4.78, 5) is 11.2. The molecule has 1 aromatic heterocycles. The highest BCUT2D eigenvalue weighted by molar-refractivity contribution is 6.05. The Hall–Kier alpha value is -2.63. The summed E-state index contributed by atoms with van der Waals surface area (Å²) in [5, 5.41) is 13.5. The van der Waals surface area contributed by atoms with Gasteiger partial charge in [0.15, 0.2) is 0 Å². The molecule has 0 unspecified atom stereocenters. The maximum Gasteiger partial charge on any atom is 0.372 e. The van der Waals surface area contributed by atoms with E-state index in [0.717, 1.165) is 24.1 Å². The van der Waals surface area contributed by atoms with E-state index >= 15 is 0 Å². The van der Waals surface area contributed by atoms with E-state index in [9.17, 15) is 9.18 Å². The lowest BCUT2D eigenvalue weighted by Crippen LogP contribution is -2.13. The third kappa shape index (κ3) is 2.59. The predicted octanol–water partition coefficient (Wildman–Crippen LogP) is 3.58. The number of anilines is 1. The smallest absolute Gasteiger partial charge is 0.372 e. The molecule has 1 aromatic carbocycles. The summed E-state index contributed by atoms with van der Waals surface area (Å²) in [6, 6.07) is 5.88. The van der Waals surface area contributed by atoms with Crippen LogP contribution in [0.1, 0.15) is 40.3 Å². The molecule has 114 valence electrons. The Bertz CT molecular complexity index is 747. The molecule has 5 nitrogen and oxygen atoms in total. The number of carbonyl (C=O) groups is 1. The van der Waals surface area contributed by atoms with Crippen molar-refractivity contribution in [2.24, 2.45) is 5.10 Å². The number of nitrogens with zero attached hydrogens (tertiary/aromatic N) is 1. The van der Waals surface area contributed by atoms with E-state index in [-0.39, 0.29) is 11.6 Å². The first-order chi connectivity index (χ1) is 10.6. The zero-order valence-electron chi connectivity index (χ0n) is 12.0. The molecule has 0 aliphatic heterocycles. The number of benzene rings is 1. The van der Waals surface area contributed by atoms with Crippen molar-refractivity contribution < 1.29 is 18.7 Å². The van der Waals surface area contributed by atoms with Crippen molar-refractivity contribution in [3.05, 3.63) is 52.7 Å². The van der Waals surface area contributed by atoms with Crippen LogP contribution in [0.15, 0.2) is 33.8 Å². The summed E-state index contributed by atoms with van der Waals surface area (Å²) in [6.45, 7) is 1.73. The Morgan fingerprint density at radius 3 is 2.73 bits per heavy atom. The molecule has 2 N–H and O–H groups in total. The summed E-state index contributed by atoms with van der Waals surface area (Å²) in [7, 11) is 0. The highest BCUT2D eigenvalue weighted by Crippen LogP contribution is 2.30. The molecule has 3 rings (SSSR count). The first-order valence-corrected chi connectivity index (χ1v) is 7.00. The van der Waals surface area contributed by atoms with Gasteiger partial charge in [-0.05, 0) is 44.0 Å². The van der Waals surface area contributed by atoms with Gasteiger partial charge in [0.1, 0.15) is 11.6 Å². The van der Waals surface area contributed by atoms with Gasteiger partial charge in [-0.1, -0.05) is 0 Å². The van der Waals surface area contributed by atoms with Crippen molar-refractivity contribution in [3.8, 4) is 0 Å². The second kappa shape index (κ2) is 5.63. The second-order valence-electron chi connectivity index (χ2n) is 5.19. The number of fused-ring (bicyclic) bond motifs is 1. The Balaban J connectivity index is 1.92. The molecule has 0 radical (unpaired) electrons. The Kier molecular flexibility index (Phi) is 3.66. The topological polar surface area (TPSA) is 74.8 Å². The molecule has 1 aliphatic rings. The molecule has 6 heteroatoms. The van der Waals surface area contributed by atoms with E-state index in [4.69, 9.17) is 9.52 Å². The quantitative estimate of drug-likeness (QED) is 0.850. The van der Waals surface area contributed by atoms with Crippen LogP contribution < -0.4 is 5.43 Å². The monoisotopic (exact) mass is 302 g/mol. The van der Waals surface area contributed by atoms with Crippen molar-refractivity contribution in [2.75, 3.05) is 5.43 Å². The van der Waals surface area contributed by atoms with Crippen LogP contribution in [0.25, 0.3) is 0 Å². The average molecular weight is 302 g/mol. The van der Waals surface area contributed by atoms with Crippen LogP contribution >= 0.6 is 0 Å². The lowest BCUT2D eigenvalue weighted by atomic mass is 9.93. The largest absolute Gasteiger partial charge is 0.475 e. The fourth-order valence-corrected chi connectivity index (χ4v) is 2.64. The molecule has 0 bridgehead atoms. The van der Waals surface area contributed by atoms with Crippen molar-refractivity contribution in [1.82, 2.24) is 0 Å². The van der Waals surface area contributed by atoms with E-state index in [0.29, 0.717) is 23.4 Å². The standard InChI is InChI=1S/C16H15FN2O3/c1-9-14-12(19-18-11-7-5-10(17)6-8-11)3-2-4-13(14)22-15(9)16(20)21/h5-8,18H,2-4H2,1H3,(H,20,21)/b19-12+. The van der Waals surface area contributed by atoms with Crippen LogP contribution in [0.4, 0.5) is 10.1 Å². The summed E-state index contributed by atoms with van der Waals surface area (Å²) in [5.41, 5.74) is 5.69. The van der Waals surface area contributed by atoms with Gasteiger partial charge in [-0.3, -0.25) is 5.43 Å². The highest BCUT2D eigenvalue weighted by atomic mass is 19.1. The lowest BCUT2D eigenvalue weighted by molar-refractivity contribution is 0.0659. The second-order valence-corrected chi connectivity index (χ2v) is 5.19. The summed E-state index contributed by atoms with van der Waals surface area (Å²) >= 11 is 0. The molecule has 0 fully saturated rings. The molecule has 0 atom stereocenters. The highest BCUT2D eigenvalue weighted by Gasteiger charge is 2.27. The SMILES string of the molecule is Cc1c(C(=O)O)oc2c1/C(=N/Nc1ccc(F)cc1)CCC2. The third-order valence-electron chi connectivity index (χ3n) is 3.68. The Labute approximate surface area is 126 Å². The Morgan fingerprint density at radius 2 is 2.05 bits per heavy atom. The molecule has 0 saturated heterocycles. The summed E-state index contributed by atoms with van der Waals surface area (Å²) in [5.74, 6) is -0.741. The molecule has 2 aromatic rings.